The van der Waals surface area contributed by atoms with Crippen LogP contribution in [0.2, 0.25) is 0 Å². The van der Waals surface area contributed by atoms with Crippen LogP contribution in [0.4, 0.5) is 10.1 Å². The van der Waals surface area contributed by atoms with Gasteiger partial charge in [0.25, 0.3) is 11.8 Å². The normalized spacial score (nSPS) is 11.5. The van der Waals surface area contributed by atoms with Gasteiger partial charge in [-0.2, -0.15) is 0 Å². The highest BCUT2D eigenvalue weighted by atomic mass is 19.1. The fourth-order valence-corrected chi connectivity index (χ4v) is 2.56. The minimum atomic E-state index is -0.522. The maximum absolute atomic E-state index is 13.2. The third-order valence-electron chi connectivity index (χ3n) is 3.98. The summed E-state index contributed by atoms with van der Waals surface area (Å²) in [5.74, 6) is -1.29. The van der Waals surface area contributed by atoms with Gasteiger partial charge in [-0.15, -0.1) is 0 Å². The minimum Gasteiger partial charge on any atom is -0.346 e. The van der Waals surface area contributed by atoms with Gasteiger partial charge in [-0.05, 0) is 42.8 Å². The topological polar surface area (TPSA) is 71.1 Å². The molecule has 0 bridgehead atoms. The van der Waals surface area contributed by atoms with E-state index in [9.17, 15) is 14.0 Å². The van der Waals surface area contributed by atoms with E-state index in [4.69, 9.17) is 0 Å². The van der Waals surface area contributed by atoms with E-state index in [0.29, 0.717) is 11.3 Å². The SMILES string of the molecule is CC(NC(=O)c1ccnc(C(=O)Nc2cccc(F)c2)c1)c1ccccc1. The van der Waals surface area contributed by atoms with Crippen molar-refractivity contribution in [1.82, 2.24) is 10.3 Å². The predicted octanol–water partition coefficient (Wildman–Crippen LogP) is 3.96. The highest BCUT2D eigenvalue weighted by molar-refractivity contribution is 6.04. The average molecular weight is 363 g/mol. The Hall–Kier alpha value is -3.54. The number of nitrogens with zero attached hydrogens (tertiary/aromatic N) is 1. The molecule has 0 radical (unpaired) electrons. The van der Waals surface area contributed by atoms with Gasteiger partial charge in [0, 0.05) is 17.4 Å². The summed E-state index contributed by atoms with van der Waals surface area (Å²) in [6.07, 6.45) is 1.39. The molecule has 0 aliphatic rings. The van der Waals surface area contributed by atoms with Crippen molar-refractivity contribution in [2.45, 2.75) is 13.0 Å². The molecule has 2 aromatic carbocycles. The molecule has 1 atom stereocenters. The summed E-state index contributed by atoms with van der Waals surface area (Å²) >= 11 is 0. The van der Waals surface area contributed by atoms with Crippen LogP contribution in [-0.2, 0) is 0 Å². The molecule has 0 saturated carbocycles. The zero-order valence-electron chi connectivity index (χ0n) is 14.6. The zero-order valence-corrected chi connectivity index (χ0v) is 14.6. The van der Waals surface area contributed by atoms with Gasteiger partial charge in [-0.3, -0.25) is 14.6 Å². The van der Waals surface area contributed by atoms with Gasteiger partial charge < -0.3 is 10.6 Å². The van der Waals surface area contributed by atoms with Crippen molar-refractivity contribution in [3.63, 3.8) is 0 Å². The molecule has 2 amide bonds. The Morgan fingerprint density at radius 1 is 0.963 bits per heavy atom. The largest absolute Gasteiger partial charge is 0.346 e. The van der Waals surface area contributed by atoms with Crippen molar-refractivity contribution in [2.24, 2.45) is 0 Å². The maximum Gasteiger partial charge on any atom is 0.274 e. The summed E-state index contributed by atoms with van der Waals surface area (Å²) in [5, 5.41) is 5.45. The molecule has 5 nitrogen and oxygen atoms in total. The summed E-state index contributed by atoms with van der Waals surface area (Å²) < 4.78 is 13.2. The molecule has 27 heavy (non-hydrogen) atoms. The second-order valence-corrected chi connectivity index (χ2v) is 6.00. The molecular formula is C21H18FN3O2. The molecule has 2 N–H and O–H groups in total. The van der Waals surface area contributed by atoms with Crippen molar-refractivity contribution in [2.75, 3.05) is 5.32 Å². The van der Waals surface area contributed by atoms with Crippen LogP contribution >= 0.6 is 0 Å². The van der Waals surface area contributed by atoms with Crippen molar-refractivity contribution >= 4 is 17.5 Å². The Labute approximate surface area is 156 Å². The van der Waals surface area contributed by atoms with Crippen LogP contribution in [0.1, 0.15) is 39.4 Å². The number of aromatic nitrogens is 1. The lowest BCUT2D eigenvalue weighted by molar-refractivity contribution is 0.0939. The molecule has 0 aliphatic carbocycles. The van der Waals surface area contributed by atoms with Gasteiger partial charge in [0.05, 0.1) is 6.04 Å². The Morgan fingerprint density at radius 2 is 1.74 bits per heavy atom. The fraction of sp³-hybridized carbons (Fsp3) is 0.0952. The molecule has 3 aromatic rings. The van der Waals surface area contributed by atoms with Gasteiger partial charge in [-0.1, -0.05) is 36.4 Å². The minimum absolute atomic E-state index is 0.0688. The van der Waals surface area contributed by atoms with Gasteiger partial charge >= 0.3 is 0 Å². The van der Waals surface area contributed by atoms with Crippen LogP contribution in [0.5, 0.6) is 0 Å². The number of pyridine rings is 1. The highest BCUT2D eigenvalue weighted by Gasteiger charge is 2.15. The number of hydrogen-bond donors (Lipinski definition) is 2. The number of rotatable bonds is 5. The lowest BCUT2D eigenvalue weighted by Gasteiger charge is -2.14. The molecule has 1 unspecified atom stereocenters. The quantitative estimate of drug-likeness (QED) is 0.721. The Bertz CT molecular complexity index is 960. The van der Waals surface area contributed by atoms with Crippen LogP contribution in [0.3, 0.4) is 0 Å². The van der Waals surface area contributed by atoms with Crippen LogP contribution in [0, 0.1) is 5.82 Å². The molecule has 0 spiro atoms. The van der Waals surface area contributed by atoms with Crippen molar-refractivity contribution in [1.29, 1.82) is 0 Å². The molecule has 1 heterocycles. The van der Waals surface area contributed by atoms with E-state index in [1.807, 2.05) is 37.3 Å². The second-order valence-electron chi connectivity index (χ2n) is 6.00. The number of amides is 2. The Kier molecular flexibility index (Phi) is 5.56. The number of benzene rings is 2. The van der Waals surface area contributed by atoms with Crippen LogP contribution < -0.4 is 10.6 Å². The van der Waals surface area contributed by atoms with E-state index in [1.54, 1.807) is 6.07 Å². The summed E-state index contributed by atoms with van der Waals surface area (Å²) in [4.78, 5) is 28.8. The van der Waals surface area contributed by atoms with E-state index in [1.165, 1.54) is 36.5 Å². The van der Waals surface area contributed by atoms with Crippen LogP contribution in [-0.4, -0.2) is 16.8 Å². The van der Waals surface area contributed by atoms with Gasteiger partial charge in [0.15, 0.2) is 0 Å². The number of anilines is 1. The van der Waals surface area contributed by atoms with Gasteiger partial charge in [-0.25, -0.2) is 4.39 Å². The lowest BCUT2D eigenvalue weighted by atomic mass is 10.1. The molecule has 6 heteroatoms. The summed E-state index contributed by atoms with van der Waals surface area (Å²) in [7, 11) is 0. The predicted molar refractivity (Wildman–Crippen MR) is 101 cm³/mol. The zero-order chi connectivity index (χ0) is 19.2. The van der Waals surface area contributed by atoms with Crippen molar-refractivity contribution in [3.8, 4) is 0 Å². The number of carbonyl (C=O) groups is 2. The number of carbonyl (C=O) groups excluding carboxylic acids is 2. The summed E-state index contributed by atoms with van der Waals surface area (Å²) in [6, 6.07) is 17.9. The van der Waals surface area contributed by atoms with Crippen LogP contribution in [0.15, 0.2) is 72.9 Å². The maximum atomic E-state index is 13.2. The van der Waals surface area contributed by atoms with E-state index in [2.05, 4.69) is 15.6 Å². The molecule has 1 aromatic heterocycles. The lowest BCUT2D eigenvalue weighted by Crippen LogP contribution is -2.27. The van der Waals surface area contributed by atoms with E-state index >= 15 is 0 Å². The first-order valence-electron chi connectivity index (χ1n) is 8.42. The molecular weight excluding hydrogens is 345 g/mol. The van der Waals surface area contributed by atoms with Gasteiger partial charge in [0.1, 0.15) is 11.5 Å². The number of nitrogens with one attached hydrogen (secondary N) is 2. The molecule has 0 aliphatic heterocycles. The average Bonchev–Trinajstić information content (AvgIpc) is 2.68. The Morgan fingerprint density at radius 3 is 2.48 bits per heavy atom. The highest BCUT2D eigenvalue weighted by Crippen LogP contribution is 2.14. The second kappa shape index (κ2) is 8.23. The van der Waals surface area contributed by atoms with E-state index in [0.717, 1.165) is 5.56 Å². The van der Waals surface area contributed by atoms with Gasteiger partial charge in [0.2, 0.25) is 0 Å². The molecule has 0 fully saturated rings. The summed E-state index contributed by atoms with van der Waals surface area (Å²) in [6.45, 7) is 1.88. The third kappa shape index (κ3) is 4.76. The Balaban J connectivity index is 1.71. The number of halogens is 1. The van der Waals surface area contributed by atoms with Crippen LogP contribution in [0.25, 0.3) is 0 Å². The first-order valence-corrected chi connectivity index (χ1v) is 8.42. The van der Waals surface area contributed by atoms with E-state index < -0.39 is 11.7 Å². The molecule has 0 saturated heterocycles. The first-order chi connectivity index (χ1) is 13.0. The smallest absolute Gasteiger partial charge is 0.274 e. The number of hydrogen-bond acceptors (Lipinski definition) is 3. The van der Waals surface area contributed by atoms with E-state index in [-0.39, 0.29) is 17.6 Å². The van der Waals surface area contributed by atoms with Crippen molar-refractivity contribution in [3.05, 3.63) is 95.6 Å². The fourth-order valence-electron chi connectivity index (χ4n) is 2.56. The molecule has 3 rings (SSSR count). The first kappa shape index (κ1) is 18.3. The standard InChI is InChI=1S/C21H18FN3O2/c1-14(15-6-3-2-4-7-15)24-20(26)16-10-11-23-19(12-16)21(27)25-18-9-5-8-17(22)13-18/h2-14H,1H3,(H,24,26)(H,25,27). The molecule has 136 valence electrons. The third-order valence-corrected chi connectivity index (χ3v) is 3.98. The monoisotopic (exact) mass is 363 g/mol. The summed E-state index contributed by atoms with van der Waals surface area (Å²) in [5.41, 5.74) is 1.68. The van der Waals surface area contributed by atoms with Crippen molar-refractivity contribution < 1.29 is 14.0 Å².